The Hall–Kier alpha value is -2.97. The van der Waals surface area contributed by atoms with Gasteiger partial charge in [0.2, 0.25) is 0 Å². The van der Waals surface area contributed by atoms with E-state index in [1.165, 1.54) is 6.07 Å². The standard InChI is InChI=1S/C21H21N3O4S/c1-28-16-4-2-15(3-5-16)24-13-9-17(21(24)29(26)27)19-18(25)8-12-23-20(19)14-6-10-22-11-7-14/h2-8,10-12,17,21H,9,13H2,1H3,(H,23,25)(H,26,27). The summed E-state index contributed by atoms with van der Waals surface area (Å²) >= 11 is -2.15. The molecule has 8 heteroatoms. The van der Waals surface area contributed by atoms with Crippen LogP contribution in [0.3, 0.4) is 0 Å². The number of hydrogen-bond acceptors (Lipinski definition) is 5. The largest absolute Gasteiger partial charge is 0.497 e. The molecule has 0 aliphatic carbocycles. The fourth-order valence-corrected chi connectivity index (χ4v) is 4.97. The van der Waals surface area contributed by atoms with Crippen LogP contribution in [0.4, 0.5) is 5.69 Å². The van der Waals surface area contributed by atoms with Crippen molar-refractivity contribution in [3.8, 4) is 17.0 Å². The van der Waals surface area contributed by atoms with Gasteiger partial charge in [-0.25, -0.2) is 4.21 Å². The fraction of sp³-hybridized carbons (Fsp3) is 0.238. The van der Waals surface area contributed by atoms with Crippen LogP contribution in [-0.2, 0) is 11.1 Å². The third-order valence-corrected chi connectivity index (χ3v) is 6.28. The Morgan fingerprint density at radius 1 is 1.17 bits per heavy atom. The van der Waals surface area contributed by atoms with Gasteiger partial charge in [0.25, 0.3) is 0 Å². The number of rotatable bonds is 5. The van der Waals surface area contributed by atoms with Gasteiger partial charge in [0.05, 0.1) is 12.8 Å². The van der Waals surface area contributed by atoms with Gasteiger partial charge in [0.15, 0.2) is 16.5 Å². The summed E-state index contributed by atoms with van der Waals surface area (Å²) in [5.41, 5.74) is 2.68. The third kappa shape index (κ3) is 3.68. The summed E-state index contributed by atoms with van der Waals surface area (Å²) in [6, 6.07) is 12.5. The summed E-state index contributed by atoms with van der Waals surface area (Å²) in [5, 5.41) is -0.729. The number of benzene rings is 1. The van der Waals surface area contributed by atoms with Crippen LogP contribution in [-0.4, -0.2) is 37.8 Å². The van der Waals surface area contributed by atoms with Gasteiger partial charge in [-0.05, 0) is 42.8 Å². The van der Waals surface area contributed by atoms with Gasteiger partial charge in [-0.3, -0.25) is 9.78 Å². The lowest BCUT2D eigenvalue weighted by atomic mass is 9.93. The minimum atomic E-state index is -2.15. The van der Waals surface area contributed by atoms with Gasteiger partial charge in [0.1, 0.15) is 11.1 Å². The van der Waals surface area contributed by atoms with Crippen LogP contribution in [0.1, 0.15) is 17.9 Å². The number of pyridine rings is 2. The normalized spacial score (nSPS) is 19.9. The molecule has 0 bridgehead atoms. The fourth-order valence-electron chi connectivity index (χ4n) is 3.97. The van der Waals surface area contributed by atoms with Gasteiger partial charge >= 0.3 is 0 Å². The second-order valence-electron chi connectivity index (χ2n) is 6.82. The molecule has 0 spiro atoms. The minimum absolute atomic E-state index is 0.146. The number of aromatic nitrogens is 2. The van der Waals surface area contributed by atoms with E-state index in [0.29, 0.717) is 30.0 Å². The highest BCUT2D eigenvalue weighted by atomic mass is 32.2. The number of anilines is 1. The molecule has 2 N–H and O–H groups in total. The van der Waals surface area contributed by atoms with E-state index in [9.17, 15) is 13.6 Å². The van der Waals surface area contributed by atoms with Crippen LogP contribution in [0, 0.1) is 0 Å². The number of nitrogens with zero attached hydrogens (tertiary/aromatic N) is 2. The molecule has 0 amide bonds. The molecule has 0 saturated carbocycles. The predicted octanol–water partition coefficient (Wildman–Crippen LogP) is 2.99. The van der Waals surface area contributed by atoms with Crippen LogP contribution >= 0.6 is 0 Å². The first-order chi connectivity index (χ1) is 14.1. The zero-order valence-corrected chi connectivity index (χ0v) is 16.6. The second kappa shape index (κ2) is 8.18. The molecule has 0 radical (unpaired) electrons. The molecule has 7 nitrogen and oxygen atoms in total. The lowest BCUT2D eigenvalue weighted by Gasteiger charge is -2.28. The molecule has 29 heavy (non-hydrogen) atoms. The van der Waals surface area contributed by atoms with Crippen molar-refractivity contribution in [2.45, 2.75) is 17.7 Å². The lowest BCUT2D eigenvalue weighted by molar-refractivity contribution is 0.415. The van der Waals surface area contributed by atoms with Crippen LogP contribution < -0.4 is 15.1 Å². The smallest absolute Gasteiger partial charge is 0.185 e. The van der Waals surface area contributed by atoms with E-state index in [1.807, 2.05) is 41.3 Å². The maximum absolute atomic E-state index is 12.8. The van der Waals surface area contributed by atoms with Gasteiger partial charge in [-0.1, -0.05) is 0 Å². The highest BCUT2D eigenvalue weighted by Gasteiger charge is 2.41. The van der Waals surface area contributed by atoms with E-state index >= 15 is 0 Å². The Balaban J connectivity index is 1.78. The van der Waals surface area contributed by atoms with Crippen LogP contribution in [0.5, 0.6) is 5.75 Å². The van der Waals surface area contributed by atoms with Crippen molar-refractivity contribution < 1.29 is 13.5 Å². The van der Waals surface area contributed by atoms with Gasteiger partial charge in [0, 0.05) is 53.9 Å². The Bertz CT molecular complexity index is 1070. The molecule has 150 valence electrons. The molecule has 4 rings (SSSR count). The maximum Gasteiger partial charge on any atom is 0.185 e. The van der Waals surface area contributed by atoms with E-state index in [-0.39, 0.29) is 5.43 Å². The number of ether oxygens (including phenoxy) is 1. The summed E-state index contributed by atoms with van der Waals surface area (Å²) in [5.74, 6) is 0.321. The second-order valence-corrected chi connectivity index (χ2v) is 7.86. The topological polar surface area (TPSA) is 95.5 Å². The first kappa shape index (κ1) is 19.4. The average Bonchev–Trinajstić information content (AvgIpc) is 3.19. The zero-order valence-electron chi connectivity index (χ0n) is 15.8. The number of nitrogens with one attached hydrogen (secondary N) is 1. The zero-order chi connectivity index (χ0) is 20.4. The minimum Gasteiger partial charge on any atom is -0.497 e. The Labute approximate surface area is 170 Å². The molecular weight excluding hydrogens is 390 g/mol. The van der Waals surface area contributed by atoms with Crippen molar-refractivity contribution in [2.75, 3.05) is 18.6 Å². The van der Waals surface area contributed by atoms with E-state index in [4.69, 9.17) is 4.74 Å². The van der Waals surface area contributed by atoms with Gasteiger partial charge in [-0.15, -0.1) is 0 Å². The summed E-state index contributed by atoms with van der Waals surface area (Å²) in [6.45, 7) is 0.568. The van der Waals surface area contributed by atoms with Gasteiger partial charge < -0.3 is 19.2 Å². The number of H-pyrrole nitrogens is 1. The summed E-state index contributed by atoms with van der Waals surface area (Å²) in [4.78, 5) is 21.9. The summed E-state index contributed by atoms with van der Waals surface area (Å²) in [7, 11) is 1.59. The first-order valence-electron chi connectivity index (χ1n) is 9.22. The number of methoxy groups -OCH3 is 1. The van der Waals surface area contributed by atoms with Crippen molar-refractivity contribution in [1.82, 2.24) is 9.97 Å². The molecule has 1 aliphatic heterocycles. The predicted molar refractivity (Wildman–Crippen MR) is 113 cm³/mol. The average molecular weight is 411 g/mol. The molecule has 3 heterocycles. The number of hydrogen-bond donors (Lipinski definition) is 2. The Kier molecular flexibility index (Phi) is 5.46. The molecular formula is C21H21N3O4S. The van der Waals surface area contributed by atoms with Crippen molar-refractivity contribution >= 4 is 16.8 Å². The molecule has 1 aromatic carbocycles. The molecule has 1 fully saturated rings. The third-order valence-electron chi connectivity index (χ3n) is 5.28. The van der Waals surface area contributed by atoms with Crippen molar-refractivity contribution in [3.63, 3.8) is 0 Å². The van der Waals surface area contributed by atoms with Gasteiger partial charge in [-0.2, -0.15) is 0 Å². The van der Waals surface area contributed by atoms with Crippen LogP contribution in [0.2, 0.25) is 0 Å². The monoisotopic (exact) mass is 411 g/mol. The highest BCUT2D eigenvalue weighted by molar-refractivity contribution is 7.80. The maximum atomic E-state index is 12.8. The number of aromatic amines is 1. The summed E-state index contributed by atoms with van der Waals surface area (Å²) < 4.78 is 27.7. The van der Waals surface area contributed by atoms with E-state index in [2.05, 4.69) is 9.97 Å². The molecule has 3 atom stereocenters. The van der Waals surface area contributed by atoms with Crippen molar-refractivity contribution in [3.05, 3.63) is 76.8 Å². The van der Waals surface area contributed by atoms with E-state index in [0.717, 1.165) is 11.3 Å². The van der Waals surface area contributed by atoms with E-state index in [1.54, 1.807) is 25.7 Å². The van der Waals surface area contributed by atoms with Crippen LogP contribution in [0.25, 0.3) is 11.3 Å². The first-order valence-corrected chi connectivity index (χ1v) is 10.4. The van der Waals surface area contributed by atoms with Crippen molar-refractivity contribution in [1.29, 1.82) is 0 Å². The molecule has 2 aromatic heterocycles. The summed E-state index contributed by atoms with van der Waals surface area (Å²) in [6.07, 6.45) is 5.51. The molecule has 1 saturated heterocycles. The SMILES string of the molecule is COc1ccc(N2CCC(c3c(-c4ccncc4)[nH]ccc3=O)C2S(=O)O)cc1. The molecule has 3 unspecified atom stereocenters. The van der Waals surface area contributed by atoms with Crippen molar-refractivity contribution in [2.24, 2.45) is 0 Å². The lowest BCUT2D eigenvalue weighted by Crippen LogP contribution is -2.37. The highest BCUT2D eigenvalue weighted by Crippen LogP contribution is 2.39. The van der Waals surface area contributed by atoms with Crippen LogP contribution in [0.15, 0.2) is 65.8 Å². The molecule has 3 aromatic rings. The Morgan fingerprint density at radius 2 is 1.90 bits per heavy atom. The molecule has 1 aliphatic rings. The quantitative estimate of drug-likeness (QED) is 0.627. The van der Waals surface area contributed by atoms with E-state index < -0.39 is 22.4 Å². The Morgan fingerprint density at radius 3 is 2.55 bits per heavy atom.